The highest BCUT2D eigenvalue weighted by molar-refractivity contribution is 5.29. The summed E-state index contributed by atoms with van der Waals surface area (Å²) in [7, 11) is 3.71. The van der Waals surface area contributed by atoms with E-state index in [2.05, 4.69) is 17.0 Å². The van der Waals surface area contributed by atoms with E-state index in [0.29, 0.717) is 6.54 Å². The molecule has 2 aromatic carbocycles. The predicted molar refractivity (Wildman–Crippen MR) is 84.1 cm³/mol. The van der Waals surface area contributed by atoms with E-state index in [0.717, 1.165) is 17.9 Å². The smallest absolute Gasteiger partial charge is 0.119 e. The molecule has 0 saturated carbocycles. The Balaban J connectivity index is 2.00. The average Bonchev–Trinajstić information content (AvgIpc) is 2.53. The van der Waals surface area contributed by atoms with Gasteiger partial charge in [-0.3, -0.25) is 0 Å². The molecular weight excluding hydrogens is 260 g/mol. The Hall–Kier alpha value is -2.31. The molecule has 0 fully saturated rings. The van der Waals surface area contributed by atoms with Gasteiger partial charge in [0, 0.05) is 13.1 Å². The molecule has 21 heavy (non-hydrogen) atoms. The van der Waals surface area contributed by atoms with Crippen LogP contribution in [-0.4, -0.2) is 25.6 Å². The van der Waals surface area contributed by atoms with Crippen molar-refractivity contribution < 1.29 is 4.74 Å². The van der Waals surface area contributed by atoms with Crippen molar-refractivity contribution in [3.63, 3.8) is 0 Å². The van der Waals surface area contributed by atoms with Crippen molar-refractivity contribution >= 4 is 0 Å². The number of nitrogens with zero attached hydrogens (tertiary/aromatic N) is 2. The minimum Gasteiger partial charge on any atom is -0.497 e. The molecule has 0 heterocycles. The van der Waals surface area contributed by atoms with E-state index in [4.69, 9.17) is 4.74 Å². The minimum atomic E-state index is -0.109. The Bertz CT molecular complexity index is 604. The number of hydrogen-bond donors (Lipinski definition) is 0. The van der Waals surface area contributed by atoms with E-state index in [-0.39, 0.29) is 5.92 Å². The molecular formula is C18H20N2O. The van der Waals surface area contributed by atoms with Crippen molar-refractivity contribution in [3.8, 4) is 11.8 Å². The first-order valence-electron chi connectivity index (χ1n) is 6.99. The fraction of sp³-hybridized carbons (Fsp3) is 0.278. The van der Waals surface area contributed by atoms with Crippen LogP contribution in [0.15, 0.2) is 54.6 Å². The van der Waals surface area contributed by atoms with Gasteiger partial charge in [-0.25, -0.2) is 0 Å². The first kappa shape index (κ1) is 15.1. The van der Waals surface area contributed by atoms with Gasteiger partial charge >= 0.3 is 0 Å². The fourth-order valence-corrected chi connectivity index (χ4v) is 2.36. The second-order valence-corrected chi connectivity index (χ2v) is 5.14. The van der Waals surface area contributed by atoms with Crippen molar-refractivity contribution in [1.82, 2.24) is 4.90 Å². The zero-order chi connectivity index (χ0) is 15.1. The molecule has 0 aliphatic carbocycles. The van der Waals surface area contributed by atoms with Crippen molar-refractivity contribution in [2.75, 3.05) is 20.7 Å². The number of methoxy groups -OCH3 is 1. The first-order chi connectivity index (χ1) is 10.2. The number of benzene rings is 2. The topological polar surface area (TPSA) is 36.3 Å². The first-order valence-corrected chi connectivity index (χ1v) is 6.99. The quantitative estimate of drug-likeness (QED) is 0.813. The molecule has 0 spiro atoms. The molecule has 0 aliphatic rings. The molecule has 3 nitrogen and oxygen atoms in total. The minimum absolute atomic E-state index is 0.109. The highest BCUT2D eigenvalue weighted by Crippen LogP contribution is 2.18. The Morgan fingerprint density at radius 2 is 1.90 bits per heavy atom. The lowest BCUT2D eigenvalue weighted by Gasteiger charge is -2.20. The lowest BCUT2D eigenvalue weighted by atomic mass is 10.00. The Morgan fingerprint density at radius 3 is 2.57 bits per heavy atom. The second kappa shape index (κ2) is 7.47. The van der Waals surface area contributed by atoms with Crippen LogP contribution < -0.4 is 4.74 Å². The van der Waals surface area contributed by atoms with E-state index in [9.17, 15) is 5.26 Å². The van der Waals surface area contributed by atoms with Crippen LogP contribution in [0.25, 0.3) is 0 Å². The van der Waals surface area contributed by atoms with Crippen LogP contribution in [0.4, 0.5) is 0 Å². The normalized spacial score (nSPS) is 11.9. The molecule has 108 valence electrons. The van der Waals surface area contributed by atoms with Crippen molar-refractivity contribution in [2.45, 2.75) is 12.5 Å². The summed E-state index contributed by atoms with van der Waals surface area (Å²) in [5.41, 5.74) is 2.25. The molecule has 0 bridgehead atoms. The van der Waals surface area contributed by atoms with Gasteiger partial charge in [0.2, 0.25) is 0 Å². The van der Waals surface area contributed by atoms with E-state index < -0.39 is 0 Å². The highest BCUT2D eigenvalue weighted by atomic mass is 16.5. The van der Waals surface area contributed by atoms with Gasteiger partial charge < -0.3 is 9.64 Å². The SMILES string of the molecule is COc1cccc(CN(C)CC(C#N)c2ccccc2)c1. The number of nitriles is 1. The third kappa shape index (κ3) is 4.34. The van der Waals surface area contributed by atoms with Crippen LogP contribution in [-0.2, 0) is 6.54 Å². The second-order valence-electron chi connectivity index (χ2n) is 5.14. The predicted octanol–water partition coefficient (Wildman–Crippen LogP) is 3.43. The van der Waals surface area contributed by atoms with E-state index in [1.165, 1.54) is 5.56 Å². The zero-order valence-corrected chi connectivity index (χ0v) is 12.5. The number of ether oxygens (including phenoxy) is 1. The van der Waals surface area contributed by atoms with Crippen LogP contribution in [0.3, 0.4) is 0 Å². The maximum absolute atomic E-state index is 9.38. The Morgan fingerprint density at radius 1 is 1.14 bits per heavy atom. The molecule has 1 atom stereocenters. The van der Waals surface area contributed by atoms with Gasteiger partial charge in [-0.2, -0.15) is 5.26 Å². The van der Waals surface area contributed by atoms with E-state index in [1.54, 1.807) is 7.11 Å². The van der Waals surface area contributed by atoms with Gasteiger partial charge in [-0.15, -0.1) is 0 Å². The van der Waals surface area contributed by atoms with Crippen molar-refractivity contribution in [3.05, 3.63) is 65.7 Å². The summed E-state index contributed by atoms with van der Waals surface area (Å²) in [5, 5.41) is 9.38. The van der Waals surface area contributed by atoms with E-state index >= 15 is 0 Å². The molecule has 0 aliphatic heterocycles. The summed E-state index contributed by atoms with van der Waals surface area (Å²) in [6, 6.07) is 20.3. The van der Waals surface area contributed by atoms with Crippen LogP contribution in [0.1, 0.15) is 17.0 Å². The molecule has 0 amide bonds. The van der Waals surface area contributed by atoms with Gasteiger partial charge in [0.25, 0.3) is 0 Å². The third-order valence-corrected chi connectivity index (χ3v) is 3.44. The Kier molecular flexibility index (Phi) is 5.36. The number of rotatable bonds is 6. The van der Waals surface area contributed by atoms with Crippen LogP contribution in [0.2, 0.25) is 0 Å². The Labute approximate surface area is 126 Å². The standard InChI is InChI=1S/C18H20N2O/c1-20(13-15-7-6-10-18(11-15)21-2)14-17(12-19)16-8-4-3-5-9-16/h3-11,17H,13-14H2,1-2H3. The lowest BCUT2D eigenvalue weighted by Crippen LogP contribution is -2.23. The third-order valence-electron chi connectivity index (χ3n) is 3.44. The maximum atomic E-state index is 9.38. The van der Waals surface area contributed by atoms with Crippen LogP contribution in [0.5, 0.6) is 5.75 Å². The summed E-state index contributed by atoms with van der Waals surface area (Å²) >= 11 is 0. The van der Waals surface area contributed by atoms with Crippen LogP contribution >= 0.6 is 0 Å². The molecule has 0 aromatic heterocycles. The summed E-state index contributed by atoms with van der Waals surface area (Å²) in [6.45, 7) is 1.50. The largest absolute Gasteiger partial charge is 0.497 e. The fourth-order valence-electron chi connectivity index (χ4n) is 2.36. The molecule has 0 radical (unpaired) electrons. The maximum Gasteiger partial charge on any atom is 0.119 e. The molecule has 2 rings (SSSR count). The molecule has 2 aromatic rings. The van der Waals surface area contributed by atoms with Gasteiger partial charge in [0.15, 0.2) is 0 Å². The molecule has 0 N–H and O–H groups in total. The summed E-state index contributed by atoms with van der Waals surface area (Å²) < 4.78 is 5.24. The monoisotopic (exact) mass is 280 g/mol. The van der Waals surface area contributed by atoms with Gasteiger partial charge in [-0.05, 0) is 30.3 Å². The van der Waals surface area contributed by atoms with Gasteiger partial charge in [0.05, 0.1) is 19.1 Å². The highest BCUT2D eigenvalue weighted by Gasteiger charge is 2.13. The number of likely N-dealkylation sites (N-methyl/N-ethyl adjacent to an activating group) is 1. The zero-order valence-electron chi connectivity index (χ0n) is 12.5. The van der Waals surface area contributed by atoms with Gasteiger partial charge in [0.1, 0.15) is 5.75 Å². The van der Waals surface area contributed by atoms with Crippen LogP contribution in [0, 0.1) is 11.3 Å². The lowest BCUT2D eigenvalue weighted by molar-refractivity contribution is 0.319. The number of hydrogen-bond acceptors (Lipinski definition) is 3. The molecule has 1 unspecified atom stereocenters. The summed E-state index contributed by atoms with van der Waals surface area (Å²) in [5.74, 6) is 0.752. The summed E-state index contributed by atoms with van der Waals surface area (Å²) in [6.07, 6.45) is 0. The average molecular weight is 280 g/mol. The van der Waals surface area contributed by atoms with Crippen molar-refractivity contribution in [2.24, 2.45) is 0 Å². The van der Waals surface area contributed by atoms with Crippen molar-refractivity contribution in [1.29, 1.82) is 5.26 Å². The summed E-state index contributed by atoms with van der Waals surface area (Å²) in [4.78, 5) is 2.16. The van der Waals surface area contributed by atoms with Gasteiger partial charge in [-0.1, -0.05) is 42.5 Å². The van der Waals surface area contributed by atoms with E-state index in [1.807, 2.05) is 55.6 Å². The molecule has 3 heteroatoms. The molecule has 0 saturated heterocycles.